The Kier molecular flexibility index (Phi) is 7.72. The van der Waals surface area contributed by atoms with Crippen LogP contribution in [-0.2, 0) is 9.59 Å². The Morgan fingerprint density at radius 3 is 2.38 bits per heavy atom. The number of aryl methyl sites for hydroxylation is 1. The second-order valence-electron chi connectivity index (χ2n) is 6.82. The van der Waals surface area contributed by atoms with Gasteiger partial charge in [0.1, 0.15) is 5.25 Å². The van der Waals surface area contributed by atoms with Crippen LogP contribution in [0.5, 0.6) is 17.2 Å². The van der Waals surface area contributed by atoms with Gasteiger partial charge in [-0.25, -0.2) is 0 Å². The molecule has 2 N–H and O–H groups in total. The van der Waals surface area contributed by atoms with Crippen molar-refractivity contribution in [2.75, 3.05) is 26.6 Å². The normalized spacial score (nSPS) is 16.8. The van der Waals surface area contributed by atoms with Gasteiger partial charge in [0, 0.05) is 17.7 Å². The van der Waals surface area contributed by atoms with Gasteiger partial charge in [0.05, 0.1) is 27.5 Å². The van der Waals surface area contributed by atoms with Crippen LogP contribution < -0.4 is 24.8 Å². The molecule has 1 unspecified atom stereocenters. The summed E-state index contributed by atoms with van der Waals surface area (Å²) in [5, 5.41) is 13.3. The van der Waals surface area contributed by atoms with Gasteiger partial charge in [-0.1, -0.05) is 29.5 Å². The van der Waals surface area contributed by atoms with Crippen molar-refractivity contribution in [1.82, 2.24) is 5.32 Å². The van der Waals surface area contributed by atoms with Gasteiger partial charge < -0.3 is 24.8 Å². The summed E-state index contributed by atoms with van der Waals surface area (Å²) in [5.74, 6) is 0.927. The van der Waals surface area contributed by atoms with Gasteiger partial charge in [-0.15, -0.1) is 5.10 Å². The largest absolute Gasteiger partial charge is 0.493 e. The van der Waals surface area contributed by atoms with Crippen LogP contribution in [-0.4, -0.2) is 49.8 Å². The van der Waals surface area contributed by atoms with E-state index in [0.717, 1.165) is 17.3 Å². The van der Waals surface area contributed by atoms with E-state index >= 15 is 0 Å². The maximum Gasteiger partial charge on any atom is 0.240 e. The summed E-state index contributed by atoms with van der Waals surface area (Å²) in [6.45, 7) is 1.97. The zero-order valence-electron chi connectivity index (χ0n) is 18.2. The van der Waals surface area contributed by atoms with E-state index in [2.05, 4.69) is 20.8 Å². The number of rotatable bonds is 8. The minimum atomic E-state index is -0.574. The van der Waals surface area contributed by atoms with Crippen molar-refractivity contribution in [3.8, 4) is 17.2 Å². The lowest BCUT2D eigenvalue weighted by Crippen LogP contribution is -2.28. The molecule has 2 amide bonds. The predicted octanol–water partition coefficient (Wildman–Crippen LogP) is 2.97. The molecule has 3 rings (SSSR count). The SMILES string of the molecule is COc1cc(/C=N/N=C2\NC(=O)C(CC(=O)Nc3ccc(C)cc3)S2)cc(OC)c1OC. The molecule has 1 atom stereocenters. The van der Waals surface area contributed by atoms with E-state index in [1.807, 2.05) is 31.2 Å². The van der Waals surface area contributed by atoms with Crippen molar-refractivity contribution in [1.29, 1.82) is 0 Å². The lowest BCUT2D eigenvalue weighted by Gasteiger charge is -2.12. The summed E-state index contributed by atoms with van der Waals surface area (Å²) in [5.41, 5.74) is 2.46. The van der Waals surface area contributed by atoms with Crippen molar-refractivity contribution >= 4 is 40.6 Å². The smallest absolute Gasteiger partial charge is 0.240 e. The third-order valence-electron chi connectivity index (χ3n) is 4.52. The van der Waals surface area contributed by atoms with Gasteiger partial charge in [-0.05, 0) is 31.2 Å². The molecule has 1 fully saturated rings. The third kappa shape index (κ3) is 5.79. The number of methoxy groups -OCH3 is 3. The maximum absolute atomic E-state index is 12.3. The highest BCUT2D eigenvalue weighted by atomic mass is 32.2. The minimum absolute atomic E-state index is 0.0278. The van der Waals surface area contributed by atoms with Crippen molar-refractivity contribution < 1.29 is 23.8 Å². The molecule has 0 spiro atoms. The van der Waals surface area contributed by atoms with E-state index in [9.17, 15) is 9.59 Å². The van der Waals surface area contributed by atoms with E-state index in [1.165, 1.54) is 27.5 Å². The second-order valence-corrected chi connectivity index (χ2v) is 8.01. The molecular weight excluding hydrogens is 432 g/mol. The molecule has 168 valence electrons. The predicted molar refractivity (Wildman–Crippen MR) is 125 cm³/mol. The van der Waals surface area contributed by atoms with Crippen LogP contribution in [0.15, 0.2) is 46.6 Å². The number of thioether (sulfide) groups is 1. The fraction of sp³-hybridized carbons (Fsp3) is 0.273. The van der Waals surface area contributed by atoms with Gasteiger partial charge in [0.15, 0.2) is 16.7 Å². The second kappa shape index (κ2) is 10.7. The van der Waals surface area contributed by atoms with Gasteiger partial charge >= 0.3 is 0 Å². The molecule has 0 aromatic heterocycles. The molecule has 0 saturated carbocycles. The topological polar surface area (TPSA) is 111 Å². The molecule has 0 aliphatic carbocycles. The van der Waals surface area contributed by atoms with Gasteiger partial charge in [0.25, 0.3) is 0 Å². The number of carbonyl (C=O) groups is 2. The number of nitrogens with one attached hydrogen (secondary N) is 2. The summed E-state index contributed by atoms with van der Waals surface area (Å²) >= 11 is 1.16. The van der Waals surface area contributed by atoms with Crippen LogP contribution in [0.2, 0.25) is 0 Å². The van der Waals surface area contributed by atoms with Crippen LogP contribution in [0.4, 0.5) is 5.69 Å². The van der Waals surface area contributed by atoms with E-state index in [-0.39, 0.29) is 18.2 Å². The van der Waals surface area contributed by atoms with E-state index in [4.69, 9.17) is 14.2 Å². The number of nitrogens with zero attached hydrogens (tertiary/aromatic N) is 2. The fourth-order valence-corrected chi connectivity index (χ4v) is 3.85. The molecule has 10 heteroatoms. The summed E-state index contributed by atoms with van der Waals surface area (Å²) in [4.78, 5) is 24.5. The monoisotopic (exact) mass is 456 g/mol. The van der Waals surface area contributed by atoms with Crippen LogP contribution in [0.3, 0.4) is 0 Å². The van der Waals surface area contributed by atoms with Crippen molar-refractivity contribution in [2.24, 2.45) is 10.2 Å². The van der Waals surface area contributed by atoms with Crippen molar-refractivity contribution in [3.63, 3.8) is 0 Å². The molecule has 1 aliphatic rings. The lowest BCUT2D eigenvalue weighted by atomic mass is 10.2. The first-order chi connectivity index (χ1) is 15.4. The molecule has 1 saturated heterocycles. The van der Waals surface area contributed by atoms with Crippen LogP contribution in [0, 0.1) is 6.92 Å². The van der Waals surface area contributed by atoms with Gasteiger partial charge in [0.2, 0.25) is 17.6 Å². The fourth-order valence-electron chi connectivity index (χ4n) is 2.93. The number of benzene rings is 2. The Morgan fingerprint density at radius 1 is 1.12 bits per heavy atom. The summed E-state index contributed by atoms with van der Waals surface area (Å²) < 4.78 is 15.9. The molecule has 2 aromatic rings. The molecule has 2 aromatic carbocycles. The maximum atomic E-state index is 12.3. The molecular formula is C22H24N4O5S. The van der Waals surface area contributed by atoms with Gasteiger partial charge in [-0.2, -0.15) is 5.10 Å². The number of anilines is 1. The number of hydrogen-bond donors (Lipinski definition) is 2. The molecule has 0 bridgehead atoms. The molecule has 9 nitrogen and oxygen atoms in total. The number of ether oxygens (including phenoxy) is 3. The Balaban J connectivity index is 1.62. The molecule has 0 radical (unpaired) electrons. The zero-order valence-corrected chi connectivity index (χ0v) is 19.0. The number of carbonyl (C=O) groups excluding carboxylic acids is 2. The minimum Gasteiger partial charge on any atom is -0.493 e. The Labute approximate surface area is 190 Å². The highest BCUT2D eigenvalue weighted by Gasteiger charge is 2.32. The quantitative estimate of drug-likeness (QED) is 0.467. The molecule has 32 heavy (non-hydrogen) atoms. The number of amidine groups is 1. The Bertz CT molecular complexity index is 1030. The van der Waals surface area contributed by atoms with Crippen LogP contribution in [0.1, 0.15) is 17.5 Å². The number of amides is 2. The lowest BCUT2D eigenvalue weighted by molar-refractivity contribution is -0.122. The summed E-state index contributed by atoms with van der Waals surface area (Å²) in [7, 11) is 4.58. The first-order valence-electron chi connectivity index (χ1n) is 9.68. The van der Waals surface area contributed by atoms with E-state index in [1.54, 1.807) is 12.1 Å². The standard InChI is InChI=1S/C22H24N4O5S/c1-13-5-7-15(8-6-13)24-19(27)11-18-21(28)25-22(32-18)26-23-12-14-9-16(29-2)20(31-4)17(10-14)30-3/h5-10,12,18H,11H2,1-4H3,(H,24,27)(H,25,26,28)/b23-12+. The average Bonchev–Trinajstić information content (AvgIpc) is 3.13. The Hall–Kier alpha value is -3.53. The van der Waals surface area contributed by atoms with Crippen molar-refractivity contribution in [3.05, 3.63) is 47.5 Å². The van der Waals surface area contributed by atoms with Crippen LogP contribution >= 0.6 is 11.8 Å². The highest BCUT2D eigenvalue weighted by molar-refractivity contribution is 8.15. The average molecular weight is 457 g/mol. The summed E-state index contributed by atoms with van der Waals surface area (Å²) in [6.07, 6.45) is 1.53. The van der Waals surface area contributed by atoms with Gasteiger partial charge in [-0.3, -0.25) is 9.59 Å². The van der Waals surface area contributed by atoms with E-state index < -0.39 is 5.25 Å². The molecule has 1 heterocycles. The van der Waals surface area contributed by atoms with Crippen molar-refractivity contribution in [2.45, 2.75) is 18.6 Å². The third-order valence-corrected chi connectivity index (χ3v) is 5.60. The first kappa shape index (κ1) is 23.1. The highest BCUT2D eigenvalue weighted by Crippen LogP contribution is 2.37. The van der Waals surface area contributed by atoms with Crippen LogP contribution in [0.25, 0.3) is 0 Å². The first-order valence-corrected chi connectivity index (χ1v) is 10.6. The van der Waals surface area contributed by atoms with E-state index in [0.29, 0.717) is 33.7 Å². The molecule has 1 aliphatic heterocycles. The zero-order chi connectivity index (χ0) is 23.1. The number of hydrogen-bond acceptors (Lipinski definition) is 8. The Morgan fingerprint density at radius 2 is 1.78 bits per heavy atom. The summed E-state index contributed by atoms with van der Waals surface area (Å²) in [6, 6.07) is 10.9.